The second-order valence-corrected chi connectivity index (χ2v) is 4.55. The molecule has 0 spiro atoms. The molecule has 0 heterocycles. The van der Waals surface area contributed by atoms with E-state index in [1.165, 1.54) is 0 Å². The summed E-state index contributed by atoms with van der Waals surface area (Å²) in [5.74, 6) is 0.782. The fraction of sp³-hybridized carbons (Fsp3) is 0.818. The molecule has 1 fully saturated rings. The monoisotopic (exact) mass is 226 g/mol. The molecular formula is C11H22N4O. The molecule has 0 bridgehead atoms. The minimum atomic E-state index is -0.619. The van der Waals surface area contributed by atoms with Crippen molar-refractivity contribution in [1.29, 1.82) is 5.41 Å². The number of amides is 2. The number of urea groups is 1. The van der Waals surface area contributed by atoms with Crippen molar-refractivity contribution in [3.05, 3.63) is 0 Å². The lowest BCUT2D eigenvalue weighted by Gasteiger charge is -2.39. The second-order valence-electron chi connectivity index (χ2n) is 4.55. The Labute approximate surface area is 96.7 Å². The molecule has 0 aromatic carbocycles. The van der Waals surface area contributed by atoms with Gasteiger partial charge in [0.1, 0.15) is 5.84 Å². The zero-order valence-corrected chi connectivity index (χ0v) is 10.1. The fourth-order valence-electron chi connectivity index (χ4n) is 2.32. The molecule has 5 nitrogen and oxygen atoms in total. The Morgan fingerprint density at radius 3 is 2.44 bits per heavy atom. The van der Waals surface area contributed by atoms with Crippen LogP contribution < -0.4 is 16.4 Å². The van der Waals surface area contributed by atoms with E-state index in [9.17, 15) is 4.79 Å². The van der Waals surface area contributed by atoms with E-state index in [1.54, 1.807) is 7.05 Å². The van der Waals surface area contributed by atoms with Crippen molar-refractivity contribution >= 4 is 11.9 Å². The summed E-state index contributed by atoms with van der Waals surface area (Å²) in [4.78, 5) is 11.4. The molecule has 5 heteroatoms. The highest BCUT2D eigenvalue weighted by Gasteiger charge is 2.38. The molecule has 1 rings (SSSR count). The average Bonchev–Trinajstić information content (AvgIpc) is 2.29. The first-order valence-corrected chi connectivity index (χ1v) is 5.88. The maximum Gasteiger partial charge on any atom is 0.315 e. The number of rotatable bonds is 3. The van der Waals surface area contributed by atoms with Crippen molar-refractivity contribution in [1.82, 2.24) is 10.6 Å². The Morgan fingerprint density at radius 2 is 2.06 bits per heavy atom. The van der Waals surface area contributed by atoms with E-state index in [0.29, 0.717) is 5.92 Å². The molecular weight excluding hydrogens is 204 g/mol. The van der Waals surface area contributed by atoms with Crippen molar-refractivity contribution in [2.45, 2.75) is 44.6 Å². The van der Waals surface area contributed by atoms with Gasteiger partial charge in [-0.05, 0) is 31.6 Å². The fourth-order valence-corrected chi connectivity index (χ4v) is 2.32. The molecule has 5 N–H and O–H groups in total. The Hall–Kier alpha value is -1.26. The number of amidine groups is 1. The zero-order chi connectivity index (χ0) is 12.2. The van der Waals surface area contributed by atoms with Crippen LogP contribution in [0.3, 0.4) is 0 Å². The first-order chi connectivity index (χ1) is 7.54. The topological polar surface area (TPSA) is 91.0 Å². The van der Waals surface area contributed by atoms with E-state index in [4.69, 9.17) is 11.1 Å². The predicted molar refractivity (Wildman–Crippen MR) is 64.5 cm³/mol. The standard InChI is InChI=1S/C11H22N4O/c1-3-8-4-6-11(7-5-8,9(12)13)15-10(16)14-2/h8H,3-7H2,1-2H3,(H3,12,13)(H2,14,15,16). The third-order valence-corrected chi connectivity index (χ3v) is 3.63. The van der Waals surface area contributed by atoms with Gasteiger partial charge < -0.3 is 16.4 Å². The van der Waals surface area contributed by atoms with Crippen molar-refractivity contribution in [3.8, 4) is 0 Å². The second kappa shape index (κ2) is 5.18. The number of carbonyl (C=O) groups is 1. The summed E-state index contributed by atoms with van der Waals surface area (Å²) < 4.78 is 0. The first-order valence-electron chi connectivity index (χ1n) is 5.88. The summed E-state index contributed by atoms with van der Waals surface area (Å²) in [7, 11) is 1.57. The Balaban J connectivity index is 2.68. The summed E-state index contributed by atoms with van der Waals surface area (Å²) in [5, 5.41) is 13.0. The predicted octanol–water partition coefficient (Wildman–Crippen LogP) is 1.19. The Morgan fingerprint density at radius 1 is 1.50 bits per heavy atom. The van der Waals surface area contributed by atoms with Crippen LogP contribution in [0.4, 0.5) is 4.79 Å². The van der Waals surface area contributed by atoms with Crippen LogP contribution in [-0.2, 0) is 0 Å². The number of nitrogens with one attached hydrogen (secondary N) is 3. The summed E-state index contributed by atoms with van der Waals surface area (Å²) in [6.45, 7) is 2.18. The van der Waals surface area contributed by atoms with Crippen LogP contribution in [0.25, 0.3) is 0 Å². The molecule has 1 aliphatic carbocycles. The van der Waals surface area contributed by atoms with Gasteiger partial charge in [-0.2, -0.15) is 0 Å². The molecule has 0 unspecified atom stereocenters. The molecule has 92 valence electrons. The van der Waals surface area contributed by atoms with E-state index < -0.39 is 5.54 Å². The van der Waals surface area contributed by atoms with Crippen LogP contribution in [0.2, 0.25) is 0 Å². The van der Waals surface area contributed by atoms with Gasteiger partial charge in [0.05, 0.1) is 5.54 Å². The molecule has 0 atom stereocenters. The summed E-state index contributed by atoms with van der Waals surface area (Å²) in [6, 6.07) is -0.259. The van der Waals surface area contributed by atoms with Gasteiger partial charge in [-0.25, -0.2) is 4.79 Å². The van der Waals surface area contributed by atoms with E-state index in [2.05, 4.69) is 17.6 Å². The highest BCUT2D eigenvalue weighted by atomic mass is 16.2. The van der Waals surface area contributed by atoms with Gasteiger partial charge in [0, 0.05) is 7.05 Å². The quantitative estimate of drug-likeness (QED) is 0.430. The number of nitrogens with two attached hydrogens (primary N) is 1. The summed E-state index contributed by atoms with van der Waals surface area (Å²) in [5.41, 5.74) is 5.01. The van der Waals surface area contributed by atoms with Crippen molar-refractivity contribution in [2.24, 2.45) is 11.7 Å². The van der Waals surface area contributed by atoms with Gasteiger partial charge in [0.15, 0.2) is 0 Å². The normalized spacial score (nSPS) is 29.5. The molecule has 2 amide bonds. The van der Waals surface area contributed by atoms with E-state index in [-0.39, 0.29) is 11.9 Å². The molecule has 0 aliphatic heterocycles. The van der Waals surface area contributed by atoms with Crippen molar-refractivity contribution < 1.29 is 4.79 Å². The Kier molecular flexibility index (Phi) is 4.15. The largest absolute Gasteiger partial charge is 0.386 e. The number of hydrogen-bond acceptors (Lipinski definition) is 2. The molecule has 0 aromatic rings. The van der Waals surface area contributed by atoms with Crippen LogP contribution >= 0.6 is 0 Å². The highest BCUT2D eigenvalue weighted by Crippen LogP contribution is 2.33. The van der Waals surface area contributed by atoms with Gasteiger partial charge in [0.25, 0.3) is 0 Å². The summed E-state index contributed by atoms with van der Waals surface area (Å²) in [6.07, 6.45) is 4.76. The summed E-state index contributed by atoms with van der Waals surface area (Å²) >= 11 is 0. The zero-order valence-electron chi connectivity index (χ0n) is 10.1. The van der Waals surface area contributed by atoms with Crippen LogP contribution in [-0.4, -0.2) is 24.5 Å². The van der Waals surface area contributed by atoms with Crippen LogP contribution in [0, 0.1) is 11.3 Å². The number of carbonyl (C=O) groups excluding carboxylic acids is 1. The molecule has 0 aromatic heterocycles. The first kappa shape index (κ1) is 12.8. The lowest BCUT2D eigenvalue weighted by Crippen LogP contribution is -2.60. The molecule has 1 saturated carbocycles. The highest BCUT2D eigenvalue weighted by molar-refractivity contribution is 5.91. The van der Waals surface area contributed by atoms with Crippen LogP contribution in [0.15, 0.2) is 0 Å². The average molecular weight is 226 g/mol. The number of hydrogen-bond donors (Lipinski definition) is 4. The third kappa shape index (κ3) is 2.65. The van der Waals surface area contributed by atoms with Gasteiger partial charge in [-0.1, -0.05) is 13.3 Å². The van der Waals surface area contributed by atoms with Gasteiger partial charge in [-0.15, -0.1) is 0 Å². The van der Waals surface area contributed by atoms with E-state index >= 15 is 0 Å². The van der Waals surface area contributed by atoms with Gasteiger partial charge in [0.2, 0.25) is 0 Å². The van der Waals surface area contributed by atoms with Crippen LogP contribution in [0.1, 0.15) is 39.0 Å². The molecule has 0 saturated heterocycles. The van der Waals surface area contributed by atoms with Gasteiger partial charge >= 0.3 is 6.03 Å². The smallest absolute Gasteiger partial charge is 0.315 e. The maximum atomic E-state index is 11.4. The Bertz CT molecular complexity index is 269. The lowest BCUT2D eigenvalue weighted by molar-refractivity contribution is 0.213. The van der Waals surface area contributed by atoms with Crippen LogP contribution in [0.5, 0.6) is 0 Å². The maximum absolute atomic E-state index is 11.4. The molecule has 0 radical (unpaired) electrons. The minimum Gasteiger partial charge on any atom is -0.386 e. The third-order valence-electron chi connectivity index (χ3n) is 3.63. The minimum absolute atomic E-state index is 0.0747. The molecule has 16 heavy (non-hydrogen) atoms. The van der Waals surface area contributed by atoms with E-state index in [1.807, 2.05) is 0 Å². The lowest BCUT2D eigenvalue weighted by atomic mass is 9.75. The van der Waals surface area contributed by atoms with Crippen molar-refractivity contribution in [3.63, 3.8) is 0 Å². The molecule has 1 aliphatic rings. The van der Waals surface area contributed by atoms with Gasteiger partial charge in [-0.3, -0.25) is 5.41 Å². The van der Waals surface area contributed by atoms with E-state index in [0.717, 1.165) is 32.1 Å². The SMILES string of the molecule is CCC1CCC(NC(=O)NC)(C(=N)N)CC1. The van der Waals surface area contributed by atoms with Crippen molar-refractivity contribution in [2.75, 3.05) is 7.05 Å².